The Labute approximate surface area is 117 Å². The molecule has 1 aromatic heterocycles. The fourth-order valence-electron chi connectivity index (χ4n) is 1.89. The van der Waals surface area contributed by atoms with E-state index in [0.717, 1.165) is 10.9 Å². The maximum atomic E-state index is 12.2. The molecule has 2 amide bonds. The van der Waals surface area contributed by atoms with E-state index in [1.54, 1.807) is 27.0 Å². The van der Waals surface area contributed by atoms with Crippen molar-refractivity contribution in [1.29, 1.82) is 0 Å². The quantitative estimate of drug-likeness (QED) is 0.780. The maximum Gasteiger partial charge on any atom is 0.271 e. The molecule has 0 aliphatic heterocycles. The predicted molar refractivity (Wildman–Crippen MR) is 78.0 cm³/mol. The summed E-state index contributed by atoms with van der Waals surface area (Å²) in [5.41, 5.74) is 5.87. The summed E-state index contributed by atoms with van der Waals surface area (Å²) in [6.45, 7) is 5.35. The number of amides is 2. The third kappa shape index (κ3) is 2.66. The third-order valence-electron chi connectivity index (χ3n) is 3.11. The van der Waals surface area contributed by atoms with E-state index in [-0.39, 0.29) is 11.8 Å². The molecule has 0 aliphatic rings. The van der Waals surface area contributed by atoms with Crippen LogP contribution in [0.3, 0.4) is 0 Å². The molecule has 0 saturated heterocycles. The van der Waals surface area contributed by atoms with Crippen molar-refractivity contribution in [3.63, 3.8) is 0 Å². The number of nitrogens with zero attached hydrogens (tertiary/aromatic N) is 1. The topological polar surface area (TPSA) is 63.1 Å². The van der Waals surface area contributed by atoms with Gasteiger partial charge in [-0.3, -0.25) is 20.4 Å². The van der Waals surface area contributed by atoms with Crippen molar-refractivity contribution in [1.82, 2.24) is 15.4 Å². The van der Waals surface area contributed by atoms with Gasteiger partial charge in [-0.2, -0.15) is 0 Å². The molecule has 0 saturated carbocycles. The number of carbonyl (C=O) groups excluding carboxylic acids is 2. The van der Waals surface area contributed by atoms with Crippen LogP contribution in [0.25, 0.3) is 10.9 Å². The highest BCUT2D eigenvalue weighted by atomic mass is 16.2. The monoisotopic (exact) mass is 273 g/mol. The predicted octanol–water partition coefficient (Wildman–Crippen LogP) is 1.99. The van der Waals surface area contributed by atoms with E-state index in [1.165, 1.54) is 0 Å². The first-order valence-electron chi connectivity index (χ1n) is 6.45. The van der Waals surface area contributed by atoms with Crippen molar-refractivity contribution >= 4 is 22.7 Å². The van der Waals surface area contributed by atoms with Crippen LogP contribution in [-0.2, 0) is 11.8 Å². The van der Waals surface area contributed by atoms with E-state index in [1.807, 2.05) is 35.9 Å². The average molecular weight is 273 g/mol. The van der Waals surface area contributed by atoms with E-state index in [0.29, 0.717) is 5.56 Å². The number of hydrazine groups is 1. The highest BCUT2D eigenvalue weighted by molar-refractivity contribution is 6.07. The Kier molecular flexibility index (Phi) is 3.53. The van der Waals surface area contributed by atoms with Crippen molar-refractivity contribution in [2.45, 2.75) is 20.8 Å². The van der Waals surface area contributed by atoms with Gasteiger partial charge in [0.25, 0.3) is 5.91 Å². The second-order valence-corrected chi connectivity index (χ2v) is 5.83. The lowest BCUT2D eigenvalue weighted by molar-refractivity contribution is -0.129. The number of hydrogen-bond acceptors (Lipinski definition) is 2. The highest BCUT2D eigenvalue weighted by Gasteiger charge is 2.22. The largest absolute Gasteiger partial charge is 0.350 e. The molecule has 2 rings (SSSR count). The molecule has 0 unspecified atom stereocenters. The van der Waals surface area contributed by atoms with Crippen molar-refractivity contribution in [2.75, 3.05) is 0 Å². The standard InChI is InChI=1S/C15H19N3O2/c1-15(2,3)14(20)17-16-13(19)11-9-18(4)12-8-6-5-7-10(11)12/h5-9H,1-4H3,(H,16,19)(H,17,20). The van der Waals surface area contributed by atoms with E-state index in [2.05, 4.69) is 10.9 Å². The normalized spacial score (nSPS) is 11.4. The minimum atomic E-state index is -0.550. The number of rotatable bonds is 1. The summed E-state index contributed by atoms with van der Waals surface area (Å²) in [5.74, 6) is -0.550. The molecule has 0 radical (unpaired) electrons. The van der Waals surface area contributed by atoms with E-state index < -0.39 is 5.41 Å². The maximum absolute atomic E-state index is 12.2. The second-order valence-electron chi connectivity index (χ2n) is 5.83. The molecule has 5 heteroatoms. The number of hydrogen-bond donors (Lipinski definition) is 2. The number of nitrogens with one attached hydrogen (secondary N) is 2. The lowest BCUT2D eigenvalue weighted by Crippen LogP contribution is -2.46. The summed E-state index contributed by atoms with van der Waals surface area (Å²) in [5, 5.41) is 0.859. The molecule has 20 heavy (non-hydrogen) atoms. The molecule has 0 fully saturated rings. The van der Waals surface area contributed by atoms with Gasteiger partial charge < -0.3 is 4.57 Å². The van der Waals surface area contributed by atoms with Gasteiger partial charge >= 0.3 is 0 Å². The Morgan fingerprint density at radius 1 is 1.10 bits per heavy atom. The lowest BCUT2D eigenvalue weighted by Gasteiger charge is -2.17. The van der Waals surface area contributed by atoms with Crippen molar-refractivity contribution in [3.05, 3.63) is 36.0 Å². The summed E-state index contributed by atoms with van der Waals surface area (Å²) < 4.78 is 1.88. The zero-order valence-corrected chi connectivity index (χ0v) is 12.2. The van der Waals surface area contributed by atoms with Crippen molar-refractivity contribution in [2.24, 2.45) is 12.5 Å². The Morgan fingerprint density at radius 2 is 1.75 bits per heavy atom. The molecule has 2 N–H and O–H groups in total. The van der Waals surface area contributed by atoms with Crippen LogP contribution in [0.5, 0.6) is 0 Å². The molecule has 106 valence electrons. The van der Waals surface area contributed by atoms with Crippen LogP contribution in [0, 0.1) is 5.41 Å². The van der Waals surface area contributed by atoms with Gasteiger partial charge in [0.05, 0.1) is 5.56 Å². The van der Waals surface area contributed by atoms with Crippen LogP contribution in [0.2, 0.25) is 0 Å². The fourth-order valence-corrected chi connectivity index (χ4v) is 1.89. The van der Waals surface area contributed by atoms with E-state index in [9.17, 15) is 9.59 Å². The Balaban J connectivity index is 2.19. The molecule has 0 spiro atoms. The molecule has 1 aromatic carbocycles. The Hall–Kier alpha value is -2.30. The number of fused-ring (bicyclic) bond motifs is 1. The molecular weight excluding hydrogens is 254 g/mol. The van der Waals surface area contributed by atoms with Crippen LogP contribution in [0.15, 0.2) is 30.5 Å². The van der Waals surface area contributed by atoms with Gasteiger partial charge in [0.15, 0.2) is 0 Å². The number of aryl methyl sites for hydroxylation is 1. The SMILES string of the molecule is Cn1cc(C(=O)NNC(=O)C(C)(C)C)c2ccccc21. The first-order chi connectivity index (χ1) is 9.30. The van der Waals surface area contributed by atoms with E-state index >= 15 is 0 Å². The molecule has 0 atom stereocenters. The van der Waals surface area contributed by atoms with Gasteiger partial charge in [0, 0.05) is 29.6 Å². The summed E-state index contributed by atoms with van der Waals surface area (Å²) in [4.78, 5) is 23.9. The molecule has 1 heterocycles. The zero-order chi connectivity index (χ0) is 14.9. The molecule has 0 aliphatic carbocycles. The van der Waals surface area contributed by atoms with Gasteiger partial charge in [0.2, 0.25) is 5.91 Å². The highest BCUT2D eigenvalue weighted by Crippen LogP contribution is 2.20. The minimum absolute atomic E-state index is 0.230. The second kappa shape index (κ2) is 5.00. The van der Waals surface area contributed by atoms with E-state index in [4.69, 9.17) is 0 Å². The van der Waals surface area contributed by atoms with Gasteiger partial charge in [-0.1, -0.05) is 39.0 Å². The van der Waals surface area contributed by atoms with Crippen LogP contribution in [0.4, 0.5) is 0 Å². The summed E-state index contributed by atoms with van der Waals surface area (Å²) in [7, 11) is 1.88. The molecule has 5 nitrogen and oxygen atoms in total. The number of carbonyl (C=O) groups is 2. The van der Waals surface area contributed by atoms with Crippen LogP contribution >= 0.6 is 0 Å². The van der Waals surface area contributed by atoms with Crippen LogP contribution < -0.4 is 10.9 Å². The third-order valence-corrected chi connectivity index (χ3v) is 3.11. The van der Waals surface area contributed by atoms with Crippen molar-refractivity contribution in [3.8, 4) is 0 Å². The van der Waals surface area contributed by atoms with Gasteiger partial charge in [-0.15, -0.1) is 0 Å². The minimum Gasteiger partial charge on any atom is -0.350 e. The first kappa shape index (κ1) is 14.1. The number of para-hydroxylation sites is 1. The van der Waals surface area contributed by atoms with Gasteiger partial charge in [0.1, 0.15) is 0 Å². The van der Waals surface area contributed by atoms with Crippen LogP contribution in [-0.4, -0.2) is 16.4 Å². The van der Waals surface area contributed by atoms with Gasteiger partial charge in [-0.05, 0) is 6.07 Å². The zero-order valence-electron chi connectivity index (χ0n) is 12.2. The Morgan fingerprint density at radius 3 is 2.40 bits per heavy atom. The number of benzene rings is 1. The van der Waals surface area contributed by atoms with Gasteiger partial charge in [-0.25, -0.2) is 0 Å². The summed E-state index contributed by atoms with van der Waals surface area (Å²) in [6.07, 6.45) is 1.75. The molecule has 0 bridgehead atoms. The molecule has 2 aromatic rings. The first-order valence-corrected chi connectivity index (χ1v) is 6.45. The smallest absolute Gasteiger partial charge is 0.271 e. The molecular formula is C15H19N3O2. The Bertz CT molecular complexity index is 665. The lowest BCUT2D eigenvalue weighted by atomic mass is 9.96. The summed E-state index contributed by atoms with van der Waals surface area (Å²) in [6, 6.07) is 7.63. The van der Waals surface area contributed by atoms with Crippen molar-refractivity contribution < 1.29 is 9.59 Å². The number of aromatic nitrogens is 1. The average Bonchev–Trinajstić information content (AvgIpc) is 2.72. The fraction of sp³-hybridized carbons (Fsp3) is 0.333. The summed E-state index contributed by atoms with van der Waals surface area (Å²) >= 11 is 0. The van der Waals surface area contributed by atoms with Crippen LogP contribution in [0.1, 0.15) is 31.1 Å².